The number of nitrogens with one attached hydrogen (secondary N) is 1. The van der Waals surface area contributed by atoms with E-state index in [1.54, 1.807) is 0 Å². The van der Waals surface area contributed by atoms with Gasteiger partial charge in [-0.3, -0.25) is 0 Å². The molecule has 1 N–H and O–H groups in total. The molecule has 22 heavy (non-hydrogen) atoms. The van der Waals surface area contributed by atoms with E-state index in [0.717, 1.165) is 17.4 Å². The quantitative estimate of drug-likeness (QED) is 0.942. The zero-order chi connectivity index (χ0) is 16.3. The number of hydrogen-bond donors (Lipinski definition) is 1. The molecule has 1 aromatic heterocycles. The van der Waals surface area contributed by atoms with Crippen molar-refractivity contribution in [3.05, 3.63) is 48.0 Å². The largest absolute Gasteiger partial charge is 0.444 e. The van der Waals surface area contributed by atoms with Gasteiger partial charge >= 0.3 is 6.09 Å². The lowest BCUT2D eigenvalue weighted by atomic mass is 10.1. The number of halogens is 1. The lowest BCUT2D eigenvalue weighted by Crippen LogP contribution is -2.34. The van der Waals surface area contributed by atoms with Gasteiger partial charge in [-0.25, -0.2) is 13.9 Å². The second-order valence-corrected chi connectivity index (χ2v) is 6.06. The van der Waals surface area contributed by atoms with Crippen LogP contribution in [0, 0.1) is 5.82 Å². The van der Waals surface area contributed by atoms with Crippen molar-refractivity contribution in [2.75, 3.05) is 0 Å². The second-order valence-electron chi connectivity index (χ2n) is 6.06. The molecule has 0 saturated carbocycles. The third-order valence-corrected chi connectivity index (χ3v) is 2.94. The summed E-state index contributed by atoms with van der Waals surface area (Å²) in [6.45, 7) is 7.31. The lowest BCUT2D eigenvalue weighted by Gasteiger charge is -2.22. The number of aromatic nitrogens is 2. The van der Waals surface area contributed by atoms with Crippen molar-refractivity contribution in [1.82, 2.24) is 15.1 Å². The molecule has 1 aromatic carbocycles. The minimum absolute atomic E-state index is 0.196. The van der Waals surface area contributed by atoms with Crippen molar-refractivity contribution < 1.29 is 13.9 Å². The monoisotopic (exact) mass is 305 g/mol. The fourth-order valence-electron chi connectivity index (χ4n) is 1.93. The molecule has 5 nitrogen and oxygen atoms in total. The van der Waals surface area contributed by atoms with Crippen LogP contribution in [0.1, 0.15) is 39.3 Å². The number of hydrogen-bond acceptors (Lipinski definition) is 3. The summed E-state index contributed by atoms with van der Waals surface area (Å²) < 4.78 is 19.6. The van der Waals surface area contributed by atoms with Crippen molar-refractivity contribution in [3.8, 4) is 5.69 Å². The van der Waals surface area contributed by atoms with Crippen molar-refractivity contribution in [2.45, 2.75) is 39.3 Å². The molecule has 118 valence electrons. The summed E-state index contributed by atoms with van der Waals surface area (Å²) >= 11 is 0. The zero-order valence-electron chi connectivity index (χ0n) is 13.1. The SMILES string of the molecule is C[C@H](NC(=O)OC(C)(C)C)c1ccc(-n2cc(F)cn2)cc1. The maximum Gasteiger partial charge on any atom is 0.408 e. The molecule has 6 heteroatoms. The van der Waals surface area contributed by atoms with E-state index in [1.165, 1.54) is 10.9 Å². The molecular weight excluding hydrogens is 285 g/mol. The Labute approximate surface area is 129 Å². The molecule has 2 aromatic rings. The molecule has 0 spiro atoms. The van der Waals surface area contributed by atoms with Crippen LogP contribution >= 0.6 is 0 Å². The highest BCUT2D eigenvalue weighted by atomic mass is 19.1. The number of carbonyl (C=O) groups is 1. The Balaban J connectivity index is 2.02. The van der Waals surface area contributed by atoms with E-state index < -0.39 is 11.7 Å². The van der Waals surface area contributed by atoms with Gasteiger partial charge in [0.25, 0.3) is 0 Å². The van der Waals surface area contributed by atoms with Gasteiger partial charge in [-0.05, 0) is 45.4 Å². The van der Waals surface area contributed by atoms with Gasteiger partial charge in [0.2, 0.25) is 0 Å². The highest BCUT2D eigenvalue weighted by Gasteiger charge is 2.18. The van der Waals surface area contributed by atoms with E-state index in [-0.39, 0.29) is 11.9 Å². The van der Waals surface area contributed by atoms with E-state index in [9.17, 15) is 9.18 Å². The predicted molar refractivity (Wildman–Crippen MR) is 81.3 cm³/mol. The van der Waals surface area contributed by atoms with Crippen molar-refractivity contribution in [3.63, 3.8) is 0 Å². The number of amides is 1. The molecule has 2 rings (SSSR count). The van der Waals surface area contributed by atoms with Gasteiger partial charge in [0.1, 0.15) is 5.60 Å². The van der Waals surface area contributed by atoms with E-state index in [4.69, 9.17) is 4.74 Å². The predicted octanol–water partition coefficient (Wildman–Crippen LogP) is 3.60. The van der Waals surface area contributed by atoms with Gasteiger partial charge in [0.05, 0.1) is 24.1 Å². The van der Waals surface area contributed by atoms with Gasteiger partial charge in [0.15, 0.2) is 5.82 Å². The van der Waals surface area contributed by atoms with Crippen LogP contribution < -0.4 is 5.32 Å². The minimum Gasteiger partial charge on any atom is -0.444 e. The molecular formula is C16H20FN3O2. The molecule has 1 atom stereocenters. The van der Waals surface area contributed by atoms with Gasteiger partial charge in [0, 0.05) is 0 Å². The smallest absolute Gasteiger partial charge is 0.408 e. The van der Waals surface area contributed by atoms with Gasteiger partial charge in [-0.15, -0.1) is 0 Å². The van der Waals surface area contributed by atoms with E-state index in [0.29, 0.717) is 0 Å². The van der Waals surface area contributed by atoms with Crippen LogP contribution in [-0.4, -0.2) is 21.5 Å². The van der Waals surface area contributed by atoms with E-state index in [2.05, 4.69) is 10.4 Å². The normalized spacial score (nSPS) is 12.8. The summed E-state index contributed by atoms with van der Waals surface area (Å²) in [5.74, 6) is -0.385. The lowest BCUT2D eigenvalue weighted by molar-refractivity contribution is 0.0508. The Morgan fingerprint density at radius 2 is 1.95 bits per heavy atom. The Morgan fingerprint density at radius 1 is 1.32 bits per heavy atom. The average molecular weight is 305 g/mol. The number of carbonyl (C=O) groups excluding carboxylic acids is 1. The summed E-state index contributed by atoms with van der Waals surface area (Å²) in [4.78, 5) is 11.7. The van der Waals surface area contributed by atoms with Crippen LogP contribution in [-0.2, 0) is 4.74 Å². The first-order chi connectivity index (χ1) is 10.2. The van der Waals surface area contributed by atoms with Crippen LogP contribution in [0.15, 0.2) is 36.7 Å². The van der Waals surface area contributed by atoms with Gasteiger partial charge in [-0.1, -0.05) is 12.1 Å². The summed E-state index contributed by atoms with van der Waals surface area (Å²) in [5, 5.41) is 6.67. The summed E-state index contributed by atoms with van der Waals surface area (Å²) in [6, 6.07) is 7.15. The Kier molecular flexibility index (Phi) is 4.49. The standard InChI is InChI=1S/C16H20FN3O2/c1-11(19-15(21)22-16(2,3)4)12-5-7-14(8-6-12)20-10-13(17)9-18-20/h5-11H,1-4H3,(H,19,21)/t11-/m0/s1. The fourth-order valence-corrected chi connectivity index (χ4v) is 1.93. The third-order valence-electron chi connectivity index (χ3n) is 2.94. The Morgan fingerprint density at radius 3 is 2.45 bits per heavy atom. The van der Waals surface area contributed by atoms with E-state index >= 15 is 0 Å². The van der Waals surface area contributed by atoms with Crippen molar-refractivity contribution >= 4 is 6.09 Å². The summed E-state index contributed by atoms with van der Waals surface area (Å²) in [6.07, 6.45) is 2.00. The molecule has 0 aliphatic heterocycles. The number of rotatable bonds is 3. The first-order valence-electron chi connectivity index (χ1n) is 7.04. The number of nitrogens with zero attached hydrogens (tertiary/aromatic N) is 2. The first kappa shape index (κ1) is 16.0. The van der Waals surface area contributed by atoms with Crippen molar-refractivity contribution in [1.29, 1.82) is 0 Å². The van der Waals surface area contributed by atoms with Crippen LogP contribution in [0.5, 0.6) is 0 Å². The molecule has 0 unspecified atom stereocenters. The number of benzene rings is 1. The Hall–Kier alpha value is -2.37. The molecule has 0 saturated heterocycles. The maximum absolute atomic E-state index is 13.0. The number of alkyl carbamates (subject to hydrolysis) is 1. The third kappa shape index (κ3) is 4.31. The maximum atomic E-state index is 13.0. The zero-order valence-corrected chi connectivity index (χ0v) is 13.1. The molecule has 0 bridgehead atoms. The van der Waals surface area contributed by atoms with Crippen LogP contribution in [0.3, 0.4) is 0 Å². The Bertz CT molecular complexity index is 644. The first-order valence-corrected chi connectivity index (χ1v) is 7.04. The van der Waals surface area contributed by atoms with Crippen LogP contribution in [0.25, 0.3) is 5.69 Å². The average Bonchev–Trinajstić information content (AvgIpc) is 2.83. The minimum atomic E-state index is -0.530. The van der Waals surface area contributed by atoms with E-state index in [1.807, 2.05) is 52.0 Å². The molecule has 0 aliphatic carbocycles. The number of ether oxygens (including phenoxy) is 1. The molecule has 1 amide bonds. The molecule has 0 fully saturated rings. The van der Waals surface area contributed by atoms with Crippen LogP contribution in [0.2, 0.25) is 0 Å². The molecule has 0 aliphatic rings. The van der Waals surface area contributed by atoms with Crippen molar-refractivity contribution in [2.24, 2.45) is 0 Å². The topological polar surface area (TPSA) is 56.1 Å². The highest BCUT2D eigenvalue weighted by Crippen LogP contribution is 2.16. The van der Waals surface area contributed by atoms with Gasteiger partial charge in [-0.2, -0.15) is 5.10 Å². The molecule has 0 radical (unpaired) electrons. The van der Waals surface area contributed by atoms with Gasteiger partial charge < -0.3 is 10.1 Å². The highest BCUT2D eigenvalue weighted by molar-refractivity contribution is 5.68. The molecule has 1 heterocycles. The fraction of sp³-hybridized carbons (Fsp3) is 0.375. The van der Waals surface area contributed by atoms with Crippen LogP contribution in [0.4, 0.5) is 9.18 Å². The second kappa shape index (κ2) is 6.17. The summed E-state index contributed by atoms with van der Waals surface area (Å²) in [5.41, 5.74) is 1.14. The summed E-state index contributed by atoms with van der Waals surface area (Å²) in [7, 11) is 0.